The van der Waals surface area contributed by atoms with E-state index in [2.05, 4.69) is 10.6 Å². The van der Waals surface area contributed by atoms with E-state index in [0.29, 0.717) is 38.5 Å². The Balaban J connectivity index is 1.92. The van der Waals surface area contributed by atoms with Gasteiger partial charge >= 0.3 is 0 Å². The number of likely N-dealkylation sites (N-methyl/N-ethyl adjacent to an activating group) is 1. The van der Waals surface area contributed by atoms with E-state index < -0.39 is 23.9 Å². The van der Waals surface area contributed by atoms with Crippen LogP contribution in [-0.4, -0.2) is 92.0 Å². The quantitative estimate of drug-likeness (QED) is 0.656. The van der Waals surface area contributed by atoms with Crippen LogP contribution < -0.4 is 15.4 Å². The maximum absolute atomic E-state index is 13.3. The van der Waals surface area contributed by atoms with E-state index in [1.165, 1.54) is 4.90 Å². The zero-order valence-corrected chi connectivity index (χ0v) is 20.0. The maximum Gasteiger partial charge on any atom is 0.255 e. The van der Waals surface area contributed by atoms with Crippen molar-refractivity contribution in [2.45, 2.75) is 38.8 Å². The van der Waals surface area contributed by atoms with Gasteiger partial charge in [0.2, 0.25) is 17.7 Å². The largest absolute Gasteiger partial charge is 0.491 e. The van der Waals surface area contributed by atoms with Crippen LogP contribution in [0.4, 0.5) is 0 Å². The van der Waals surface area contributed by atoms with Crippen molar-refractivity contribution in [3.8, 4) is 5.75 Å². The normalized spacial score (nSPS) is 23.7. The summed E-state index contributed by atoms with van der Waals surface area (Å²) in [5.74, 6) is -1.33. The molecule has 0 saturated carbocycles. The highest BCUT2D eigenvalue weighted by Crippen LogP contribution is 2.19. The molecule has 4 amide bonds. The van der Waals surface area contributed by atoms with Crippen molar-refractivity contribution >= 4 is 23.6 Å². The van der Waals surface area contributed by atoms with Gasteiger partial charge in [0, 0.05) is 20.1 Å². The molecule has 2 N–H and O–H groups in total. The van der Waals surface area contributed by atoms with Gasteiger partial charge in [0.05, 0.1) is 31.7 Å². The van der Waals surface area contributed by atoms with E-state index in [-0.39, 0.29) is 42.9 Å². The lowest BCUT2D eigenvalue weighted by Crippen LogP contribution is -2.55. The number of morpholine rings is 1. The summed E-state index contributed by atoms with van der Waals surface area (Å²) in [6.45, 7) is 5.85. The molecule has 186 valence electrons. The van der Waals surface area contributed by atoms with E-state index in [0.717, 1.165) is 0 Å². The van der Waals surface area contributed by atoms with Gasteiger partial charge in [-0.2, -0.15) is 0 Å². The first kappa shape index (κ1) is 25.5. The molecule has 1 aromatic carbocycles. The van der Waals surface area contributed by atoms with Crippen molar-refractivity contribution in [3.05, 3.63) is 29.8 Å². The number of nitrogens with one attached hydrogen (secondary N) is 2. The van der Waals surface area contributed by atoms with Crippen molar-refractivity contribution in [2.24, 2.45) is 5.92 Å². The van der Waals surface area contributed by atoms with Crippen LogP contribution in [0.3, 0.4) is 0 Å². The summed E-state index contributed by atoms with van der Waals surface area (Å²) in [7, 11) is 1.66. The molecule has 2 heterocycles. The van der Waals surface area contributed by atoms with Crippen molar-refractivity contribution < 1.29 is 28.7 Å². The van der Waals surface area contributed by atoms with Crippen LogP contribution in [0.25, 0.3) is 0 Å². The number of amides is 4. The zero-order valence-electron chi connectivity index (χ0n) is 20.0. The molecule has 3 rings (SSSR count). The Morgan fingerprint density at radius 2 is 1.79 bits per heavy atom. The fourth-order valence-electron chi connectivity index (χ4n) is 3.96. The van der Waals surface area contributed by atoms with Crippen LogP contribution in [0.1, 0.15) is 37.0 Å². The summed E-state index contributed by atoms with van der Waals surface area (Å²) in [6.07, 6.45) is 0.399. The maximum atomic E-state index is 13.3. The Hall–Kier alpha value is -3.14. The molecule has 34 heavy (non-hydrogen) atoms. The fourth-order valence-corrected chi connectivity index (χ4v) is 3.96. The van der Waals surface area contributed by atoms with E-state index in [4.69, 9.17) is 9.47 Å². The molecule has 0 unspecified atom stereocenters. The molecule has 3 atom stereocenters. The second-order valence-corrected chi connectivity index (χ2v) is 8.70. The molecule has 10 heteroatoms. The Labute approximate surface area is 199 Å². The number of para-hydroxylation sites is 1. The number of carbonyl (C=O) groups is 4. The van der Waals surface area contributed by atoms with Gasteiger partial charge < -0.3 is 29.9 Å². The lowest BCUT2D eigenvalue weighted by molar-refractivity contribution is -0.140. The number of ether oxygens (including phenoxy) is 2. The minimum absolute atomic E-state index is 0.114. The molecule has 2 aliphatic rings. The molecular formula is C24H34N4O6. The van der Waals surface area contributed by atoms with Gasteiger partial charge in [0.25, 0.3) is 5.91 Å². The first-order valence-corrected chi connectivity index (χ1v) is 11.7. The van der Waals surface area contributed by atoms with Gasteiger partial charge in [-0.15, -0.1) is 0 Å². The molecule has 10 nitrogen and oxygen atoms in total. The topological polar surface area (TPSA) is 117 Å². The Morgan fingerprint density at radius 3 is 2.50 bits per heavy atom. The van der Waals surface area contributed by atoms with E-state index in [1.807, 2.05) is 13.8 Å². The van der Waals surface area contributed by atoms with Crippen molar-refractivity contribution in [1.82, 2.24) is 20.4 Å². The standard InChI is InChI=1S/C24H34N4O6/c1-4-16(2)21-24(32)27(3)9-14-34-19-8-6-5-7-17(19)22(30)25-18(15-20(29)26-21)23(31)28-10-12-33-13-11-28/h5-8,16,18,21H,4,9-15H2,1-3H3,(H,25,30)(H,26,29)/t16-,18+,21+/m1/s1. The Morgan fingerprint density at radius 1 is 1.09 bits per heavy atom. The lowest BCUT2D eigenvalue weighted by atomic mass is 9.97. The number of fused-ring (bicyclic) bond motifs is 1. The van der Waals surface area contributed by atoms with Crippen LogP contribution in [0.2, 0.25) is 0 Å². The second-order valence-electron chi connectivity index (χ2n) is 8.70. The van der Waals surface area contributed by atoms with E-state index in [9.17, 15) is 19.2 Å². The molecule has 2 aliphatic heterocycles. The fraction of sp³-hybridized carbons (Fsp3) is 0.583. The summed E-state index contributed by atoms with van der Waals surface area (Å²) in [4.78, 5) is 55.6. The van der Waals surface area contributed by atoms with Gasteiger partial charge in [-0.3, -0.25) is 19.2 Å². The van der Waals surface area contributed by atoms with Crippen LogP contribution in [0.15, 0.2) is 24.3 Å². The predicted octanol–water partition coefficient (Wildman–Crippen LogP) is 0.416. The third-order valence-corrected chi connectivity index (χ3v) is 6.30. The number of nitrogens with zero attached hydrogens (tertiary/aromatic N) is 2. The van der Waals surface area contributed by atoms with Gasteiger partial charge in [-0.05, 0) is 18.1 Å². The smallest absolute Gasteiger partial charge is 0.255 e. The molecule has 1 aromatic rings. The summed E-state index contributed by atoms with van der Waals surface area (Å²) in [5, 5.41) is 5.53. The monoisotopic (exact) mass is 474 g/mol. The second kappa shape index (κ2) is 11.8. The van der Waals surface area contributed by atoms with Crippen LogP contribution >= 0.6 is 0 Å². The number of hydrogen-bond donors (Lipinski definition) is 2. The third-order valence-electron chi connectivity index (χ3n) is 6.30. The van der Waals surface area contributed by atoms with E-state index in [1.54, 1.807) is 36.2 Å². The van der Waals surface area contributed by atoms with Gasteiger partial charge in [-0.25, -0.2) is 0 Å². The summed E-state index contributed by atoms with van der Waals surface area (Å²) < 4.78 is 11.1. The van der Waals surface area contributed by atoms with Crippen LogP contribution in [0.5, 0.6) is 5.75 Å². The summed E-state index contributed by atoms with van der Waals surface area (Å²) >= 11 is 0. The number of benzene rings is 1. The Kier molecular flexibility index (Phi) is 8.86. The summed E-state index contributed by atoms with van der Waals surface area (Å²) in [5.41, 5.74) is 0.256. The first-order chi connectivity index (χ1) is 16.3. The van der Waals surface area contributed by atoms with E-state index >= 15 is 0 Å². The predicted molar refractivity (Wildman–Crippen MR) is 124 cm³/mol. The van der Waals surface area contributed by atoms with Gasteiger partial charge in [-0.1, -0.05) is 32.4 Å². The zero-order chi connectivity index (χ0) is 24.7. The summed E-state index contributed by atoms with van der Waals surface area (Å²) in [6, 6.07) is 4.87. The number of carbonyl (C=O) groups excluding carboxylic acids is 4. The highest BCUT2D eigenvalue weighted by Gasteiger charge is 2.33. The van der Waals surface area contributed by atoms with Crippen LogP contribution in [-0.2, 0) is 19.1 Å². The SMILES string of the molecule is CC[C@@H](C)[C@@H]1NC(=O)C[C@@H](C(=O)N2CCOCC2)NC(=O)c2ccccc2OCCN(C)C1=O. The highest BCUT2D eigenvalue weighted by atomic mass is 16.5. The molecule has 0 aromatic heterocycles. The minimum Gasteiger partial charge on any atom is -0.491 e. The third kappa shape index (κ3) is 6.25. The van der Waals surface area contributed by atoms with Gasteiger partial charge in [0.15, 0.2) is 0 Å². The average Bonchev–Trinajstić information content (AvgIpc) is 2.85. The molecular weight excluding hydrogens is 440 g/mol. The molecule has 0 spiro atoms. The first-order valence-electron chi connectivity index (χ1n) is 11.7. The lowest BCUT2D eigenvalue weighted by Gasteiger charge is -2.32. The number of rotatable bonds is 3. The number of hydrogen-bond acceptors (Lipinski definition) is 6. The molecule has 1 fully saturated rings. The average molecular weight is 475 g/mol. The highest BCUT2D eigenvalue weighted by molar-refractivity contribution is 6.01. The molecule has 0 bridgehead atoms. The molecule has 0 aliphatic carbocycles. The van der Waals surface area contributed by atoms with Crippen LogP contribution in [0, 0.1) is 5.92 Å². The minimum atomic E-state index is -1.09. The van der Waals surface area contributed by atoms with Gasteiger partial charge in [0.1, 0.15) is 24.4 Å². The van der Waals surface area contributed by atoms with Crippen molar-refractivity contribution in [3.63, 3.8) is 0 Å². The van der Waals surface area contributed by atoms with Crippen molar-refractivity contribution in [1.29, 1.82) is 0 Å². The van der Waals surface area contributed by atoms with Crippen molar-refractivity contribution in [2.75, 3.05) is 46.5 Å². The molecule has 1 saturated heterocycles. The molecule has 0 radical (unpaired) electrons. The Bertz CT molecular complexity index is 901.